The molecule has 0 fully saturated rings. The summed E-state index contributed by atoms with van der Waals surface area (Å²) in [6.45, 7) is 0.723. The third-order valence-electron chi connectivity index (χ3n) is 2.34. The molecule has 0 saturated carbocycles. The molecule has 1 unspecified atom stereocenters. The smallest absolute Gasteiger partial charge is 0.124 e. The van der Waals surface area contributed by atoms with Crippen LogP contribution < -0.4 is 5.73 Å². The van der Waals surface area contributed by atoms with E-state index in [1.54, 1.807) is 7.11 Å². The van der Waals surface area contributed by atoms with Crippen molar-refractivity contribution in [2.75, 3.05) is 13.7 Å². The molecule has 0 aliphatic carbocycles. The predicted octanol–water partition coefficient (Wildman–Crippen LogP) is 2.88. The fraction of sp³-hybridized carbons (Fsp3) is 0.500. The van der Waals surface area contributed by atoms with E-state index < -0.39 is 0 Å². The second kappa shape index (κ2) is 6.99. The average Bonchev–Trinajstić information content (AvgIpc) is 2.16. The molecule has 16 heavy (non-hydrogen) atoms. The zero-order valence-corrected chi connectivity index (χ0v) is 11.0. The highest BCUT2D eigenvalue weighted by molar-refractivity contribution is 9.10. The van der Waals surface area contributed by atoms with Gasteiger partial charge in [0, 0.05) is 24.2 Å². The van der Waals surface area contributed by atoms with Gasteiger partial charge in [0.15, 0.2) is 0 Å². The Morgan fingerprint density at radius 3 is 2.81 bits per heavy atom. The fourth-order valence-corrected chi connectivity index (χ4v) is 2.14. The molecule has 2 nitrogen and oxygen atoms in total. The Morgan fingerprint density at radius 1 is 1.44 bits per heavy atom. The molecule has 90 valence electrons. The molecular weight excluding hydrogens is 273 g/mol. The van der Waals surface area contributed by atoms with Crippen LogP contribution in [0.4, 0.5) is 4.39 Å². The Morgan fingerprint density at radius 2 is 2.19 bits per heavy atom. The van der Waals surface area contributed by atoms with Gasteiger partial charge in [0.05, 0.1) is 0 Å². The maximum absolute atomic E-state index is 13.1. The summed E-state index contributed by atoms with van der Waals surface area (Å²) in [7, 11) is 1.68. The molecule has 0 saturated heterocycles. The van der Waals surface area contributed by atoms with Crippen molar-refractivity contribution >= 4 is 15.9 Å². The summed E-state index contributed by atoms with van der Waals surface area (Å²) in [4.78, 5) is 0. The number of halogens is 2. The number of hydrogen-bond donors (Lipinski definition) is 1. The van der Waals surface area contributed by atoms with Gasteiger partial charge in [0.25, 0.3) is 0 Å². The van der Waals surface area contributed by atoms with E-state index in [-0.39, 0.29) is 11.9 Å². The standard InChI is InChI=1S/C12H17BrFNO/c1-16-4-2-3-12(15)7-9-5-10(13)8-11(14)6-9/h5-6,8,12H,2-4,7,15H2,1H3. The Labute approximate surface area is 104 Å². The number of hydrogen-bond acceptors (Lipinski definition) is 2. The van der Waals surface area contributed by atoms with Crippen LogP contribution in [0.15, 0.2) is 22.7 Å². The first-order valence-corrected chi connectivity index (χ1v) is 6.10. The first kappa shape index (κ1) is 13.6. The van der Waals surface area contributed by atoms with Gasteiger partial charge in [-0.15, -0.1) is 0 Å². The van der Waals surface area contributed by atoms with Gasteiger partial charge in [-0.1, -0.05) is 15.9 Å². The van der Waals surface area contributed by atoms with Crippen LogP contribution in [-0.4, -0.2) is 19.8 Å². The van der Waals surface area contributed by atoms with Gasteiger partial charge >= 0.3 is 0 Å². The van der Waals surface area contributed by atoms with Crippen LogP contribution in [-0.2, 0) is 11.2 Å². The maximum atomic E-state index is 13.1. The summed E-state index contributed by atoms with van der Waals surface area (Å²) >= 11 is 3.27. The first-order chi connectivity index (χ1) is 7.61. The Balaban J connectivity index is 2.45. The first-order valence-electron chi connectivity index (χ1n) is 5.31. The number of rotatable bonds is 6. The molecule has 1 rings (SSSR count). The normalized spacial score (nSPS) is 12.8. The van der Waals surface area contributed by atoms with E-state index in [0.29, 0.717) is 6.42 Å². The number of benzene rings is 1. The van der Waals surface area contributed by atoms with Gasteiger partial charge in [0.2, 0.25) is 0 Å². The van der Waals surface area contributed by atoms with Crippen LogP contribution in [0.1, 0.15) is 18.4 Å². The highest BCUT2D eigenvalue weighted by atomic mass is 79.9. The SMILES string of the molecule is COCCCC(N)Cc1cc(F)cc(Br)c1. The van der Waals surface area contributed by atoms with E-state index in [4.69, 9.17) is 10.5 Å². The van der Waals surface area contributed by atoms with Crippen molar-refractivity contribution in [2.24, 2.45) is 5.73 Å². The van der Waals surface area contributed by atoms with Gasteiger partial charge in [0.1, 0.15) is 5.82 Å². The van der Waals surface area contributed by atoms with Crippen LogP contribution in [0.3, 0.4) is 0 Å². The van der Waals surface area contributed by atoms with Gasteiger partial charge < -0.3 is 10.5 Å². The summed E-state index contributed by atoms with van der Waals surface area (Å²) in [6.07, 6.45) is 2.52. The zero-order valence-electron chi connectivity index (χ0n) is 9.38. The third-order valence-corrected chi connectivity index (χ3v) is 2.80. The van der Waals surface area contributed by atoms with Gasteiger partial charge in [-0.3, -0.25) is 0 Å². The summed E-state index contributed by atoms with van der Waals surface area (Å²) in [5.41, 5.74) is 6.88. The lowest BCUT2D eigenvalue weighted by Crippen LogP contribution is -2.23. The molecule has 1 atom stereocenters. The second-order valence-corrected chi connectivity index (χ2v) is 4.79. The third kappa shape index (κ3) is 5.05. The van der Waals surface area contributed by atoms with E-state index in [9.17, 15) is 4.39 Å². The lowest BCUT2D eigenvalue weighted by Gasteiger charge is -2.11. The molecule has 0 radical (unpaired) electrons. The van der Waals surface area contributed by atoms with Crippen LogP contribution in [0.2, 0.25) is 0 Å². The number of ether oxygens (including phenoxy) is 1. The van der Waals surface area contributed by atoms with E-state index in [1.807, 2.05) is 6.07 Å². The van der Waals surface area contributed by atoms with E-state index in [0.717, 1.165) is 29.5 Å². The summed E-state index contributed by atoms with van der Waals surface area (Å²) in [5, 5.41) is 0. The van der Waals surface area contributed by atoms with Crippen molar-refractivity contribution in [2.45, 2.75) is 25.3 Å². The Hall–Kier alpha value is -0.450. The fourth-order valence-electron chi connectivity index (χ4n) is 1.62. The highest BCUT2D eigenvalue weighted by Crippen LogP contribution is 2.16. The van der Waals surface area contributed by atoms with Gasteiger partial charge in [-0.2, -0.15) is 0 Å². The van der Waals surface area contributed by atoms with Crippen LogP contribution in [0, 0.1) is 5.82 Å². The van der Waals surface area contributed by atoms with Crippen molar-refractivity contribution in [1.82, 2.24) is 0 Å². The topological polar surface area (TPSA) is 35.2 Å². The zero-order chi connectivity index (χ0) is 12.0. The molecule has 4 heteroatoms. The summed E-state index contributed by atoms with van der Waals surface area (Å²) < 4.78 is 18.8. The van der Waals surface area contributed by atoms with Crippen molar-refractivity contribution in [3.8, 4) is 0 Å². The van der Waals surface area contributed by atoms with Crippen molar-refractivity contribution in [3.05, 3.63) is 34.1 Å². The highest BCUT2D eigenvalue weighted by Gasteiger charge is 2.06. The minimum atomic E-state index is -0.228. The van der Waals surface area contributed by atoms with Gasteiger partial charge in [-0.25, -0.2) is 4.39 Å². The summed E-state index contributed by atoms with van der Waals surface area (Å²) in [6, 6.07) is 4.93. The molecule has 0 aliphatic rings. The van der Waals surface area contributed by atoms with E-state index in [2.05, 4.69) is 15.9 Å². The minimum absolute atomic E-state index is 0.0591. The van der Waals surface area contributed by atoms with Crippen LogP contribution in [0.25, 0.3) is 0 Å². The molecule has 0 aromatic heterocycles. The number of methoxy groups -OCH3 is 1. The lowest BCUT2D eigenvalue weighted by atomic mass is 10.0. The molecule has 0 spiro atoms. The molecule has 2 N–H and O–H groups in total. The average molecular weight is 290 g/mol. The van der Waals surface area contributed by atoms with Crippen molar-refractivity contribution in [3.63, 3.8) is 0 Å². The molecule has 0 heterocycles. The molecular formula is C12H17BrFNO. The van der Waals surface area contributed by atoms with Crippen LogP contribution >= 0.6 is 15.9 Å². The van der Waals surface area contributed by atoms with E-state index in [1.165, 1.54) is 12.1 Å². The monoisotopic (exact) mass is 289 g/mol. The number of nitrogens with two attached hydrogens (primary N) is 1. The Bertz CT molecular complexity index is 313. The molecule has 0 amide bonds. The molecule has 1 aromatic carbocycles. The largest absolute Gasteiger partial charge is 0.385 e. The lowest BCUT2D eigenvalue weighted by molar-refractivity contribution is 0.190. The molecule has 0 bridgehead atoms. The molecule has 0 aliphatic heterocycles. The minimum Gasteiger partial charge on any atom is -0.385 e. The molecule has 1 aromatic rings. The quantitative estimate of drug-likeness (QED) is 0.818. The van der Waals surface area contributed by atoms with Crippen LogP contribution in [0.5, 0.6) is 0 Å². The van der Waals surface area contributed by atoms with Crippen molar-refractivity contribution < 1.29 is 9.13 Å². The van der Waals surface area contributed by atoms with Crippen molar-refractivity contribution in [1.29, 1.82) is 0 Å². The second-order valence-electron chi connectivity index (χ2n) is 3.88. The Kier molecular flexibility index (Phi) is 5.95. The van der Waals surface area contributed by atoms with E-state index >= 15 is 0 Å². The van der Waals surface area contributed by atoms with Gasteiger partial charge in [-0.05, 0) is 43.0 Å². The maximum Gasteiger partial charge on any atom is 0.124 e. The summed E-state index contributed by atoms with van der Waals surface area (Å²) in [5.74, 6) is -0.228. The predicted molar refractivity (Wildman–Crippen MR) is 66.9 cm³/mol.